The van der Waals surface area contributed by atoms with Gasteiger partial charge in [0.2, 0.25) is 0 Å². The highest BCUT2D eigenvalue weighted by atomic mass is 32.2. The lowest BCUT2D eigenvalue weighted by Gasteiger charge is -2.42. The third-order valence-corrected chi connectivity index (χ3v) is 5.98. The monoisotopic (exact) mass is 372 g/mol. The molecule has 0 aromatic rings. The molecule has 0 aliphatic heterocycles. The van der Waals surface area contributed by atoms with Gasteiger partial charge in [-0.2, -0.15) is 0 Å². The Bertz CT molecular complexity index is 502. The maximum absolute atomic E-state index is 12.5. The van der Waals surface area contributed by atoms with Crippen molar-refractivity contribution in [2.75, 3.05) is 0 Å². The molecule has 0 unspecified atom stereocenters. The van der Waals surface area contributed by atoms with Crippen LogP contribution in [0.2, 0.25) is 0 Å². The molecule has 5 nitrogen and oxygen atoms in total. The molecule has 25 heavy (non-hydrogen) atoms. The average Bonchev–Trinajstić information content (AvgIpc) is 2.32. The molecular weight excluding hydrogens is 336 g/mol. The van der Waals surface area contributed by atoms with Gasteiger partial charge >= 0.3 is 6.09 Å². The van der Waals surface area contributed by atoms with Crippen molar-refractivity contribution in [3.05, 3.63) is 12.7 Å². The Labute approximate surface area is 155 Å². The van der Waals surface area contributed by atoms with Crippen LogP contribution in [0.5, 0.6) is 0 Å². The number of alkyl carbamates (subject to hydrolysis) is 1. The zero-order valence-corrected chi connectivity index (χ0v) is 17.7. The summed E-state index contributed by atoms with van der Waals surface area (Å²) in [6.45, 7) is 17.4. The molecule has 1 aliphatic rings. The van der Waals surface area contributed by atoms with Gasteiger partial charge in [-0.3, -0.25) is 0 Å². The predicted molar refractivity (Wildman–Crippen MR) is 105 cm³/mol. The van der Waals surface area contributed by atoms with E-state index in [-0.39, 0.29) is 22.4 Å². The number of hydrogen-bond donors (Lipinski definition) is 2. The molecule has 0 saturated heterocycles. The molecule has 0 spiro atoms. The van der Waals surface area contributed by atoms with Crippen molar-refractivity contribution in [2.45, 2.75) is 96.1 Å². The molecular formula is C19H36N2O3S. The van der Waals surface area contributed by atoms with E-state index in [4.69, 9.17) is 4.74 Å². The van der Waals surface area contributed by atoms with Gasteiger partial charge in [-0.25, -0.2) is 13.7 Å². The largest absolute Gasteiger partial charge is 0.444 e. The quantitative estimate of drug-likeness (QED) is 0.662. The molecule has 6 heteroatoms. The first kappa shape index (κ1) is 22.2. The number of rotatable bonds is 7. The Morgan fingerprint density at radius 2 is 1.76 bits per heavy atom. The van der Waals surface area contributed by atoms with Gasteiger partial charge < -0.3 is 10.1 Å². The van der Waals surface area contributed by atoms with E-state index < -0.39 is 16.6 Å². The molecule has 0 aromatic carbocycles. The first-order chi connectivity index (χ1) is 11.2. The third-order valence-electron chi connectivity index (χ3n) is 4.19. The Balaban J connectivity index is 2.50. The lowest BCUT2D eigenvalue weighted by molar-refractivity contribution is 0.0440. The molecule has 1 aliphatic carbocycles. The average molecular weight is 373 g/mol. The molecule has 1 fully saturated rings. The number of carbonyl (C=O) groups is 1. The summed E-state index contributed by atoms with van der Waals surface area (Å²) in [5, 5.41) is 2.92. The van der Waals surface area contributed by atoms with Crippen molar-refractivity contribution in [2.24, 2.45) is 5.92 Å². The summed E-state index contributed by atoms with van der Waals surface area (Å²) in [4.78, 5) is 11.8. The Morgan fingerprint density at radius 3 is 2.20 bits per heavy atom. The van der Waals surface area contributed by atoms with Crippen LogP contribution in [0.15, 0.2) is 12.7 Å². The Hall–Kier alpha value is -0.880. The fourth-order valence-corrected chi connectivity index (χ4v) is 3.91. The second-order valence-corrected chi connectivity index (χ2v) is 11.4. The van der Waals surface area contributed by atoms with Crippen molar-refractivity contribution in [3.63, 3.8) is 0 Å². The van der Waals surface area contributed by atoms with Crippen LogP contribution in [-0.4, -0.2) is 32.2 Å². The smallest absolute Gasteiger partial charge is 0.407 e. The summed E-state index contributed by atoms with van der Waals surface area (Å²) in [5.74, 6) is 0.495. The molecule has 0 radical (unpaired) electrons. The van der Waals surface area contributed by atoms with Crippen LogP contribution in [0, 0.1) is 5.92 Å². The maximum Gasteiger partial charge on any atom is 0.407 e. The van der Waals surface area contributed by atoms with E-state index in [1.54, 1.807) is 0 Å². The Morgan fingerprint density at radius 1 is 1.20 bits per heavy atom. The van der Waals surface area contributed by atoms with Crippen LogP contribution >= 0.6 is 0 Å². The van der Waals surface area contributed by atoms with Gasteiger partial charge in [-0.15, -0.1) is 6.58 Å². The van der Waals surface area contributed by atoms with Gasteiger partial charge in [-0.1, -0.05) is 6.08 Å². The van der Waals surface area contributed by atoms with E-state index in [1.807, 2.05) is 47.6 Å². The Kier molecular flexibility index (Phi) is 7.28. The molecule has 1 amide bonds. The second-order valence-electron chi connectivity index (χ2n) is 9.42. The third kappa shape index (κ3) is 7.90. The zero-order valence-electron chi connectivity index (χ0n) is 16.9. The first-order valence-electron chi connectivity index (χ1n) is 9.04. The molecule has 1 saturated carbocycles. The van der Waals surface area contributed by atoms with E-state index in [0.29, 0.717) is 5.92 Å². The highest BCUT2D eigenvalue weighted by molar-refractivity contribution is 7.84. The minimum absolute atomic E-state index is 0.168. The highest BCUT2D eigenvalue weighted by Gasteiger charge is 2.38. The first-order valence-corrected chi connectivity index (χ1v) is 10.2. The SMILES string of the molecule is C=CC[C@@](C)(CC1CC(NC(=O)OC(C)(C)C)C1)N[S@](=O)C(C)(C)C. The predicted octanol–water partition coefficient (Wildman–Crippen LogP) is 4.07. The van der Waals surface area contributed by atoms with E-state index in [0.717, 1.165) is 25.7 Å². The number of hydrogen-bond acceptors (Lipinski definition) is 3. The highest BCUT2D eigenvalue weighted by Crippen LogP contribution is 2.36. The summed E-state index contributed by atoms with van der Waals surface area (Å²) >= 11 is 0. The van der Waals surface area contributed by atoms with Crippen LogP contribution in [0.25, 0.3) is 0 Å². The van der Waals surface area contributed by atoms with E-state index in [1.165, 1.54) is 0 Å². The van der Waals surface area contributed by atoms with Crippen LogP contribution in [-0.2, 0) is 15.7 Å². The lowest BCUT2D eigenvalue weighted by Crippen LogP contribution is -2.52. The molecule has 146 valence electrons. The van der Waals surface area contributed by atoms with E-state index in [2.05, 4.69) is 23.5 Å². The van der Waals surface area contributed by atoms with E-state index in [9.17, 15) is 9.00 Å². The van der Waals surface area contributed by atoms with Gasteiger partial charge in [0.1, 0.15) is 5.60 Å². The van der Waals surface area contributed by atoms with Crippen molar-refractivity contribution in [1.82, 2.24) is 10.0 Å². The van der Waals surface area contributed by atoms with Crippen LogP contribution in [0.3, 0.4) is 0 Å². The summed E-state index contributed by atoms with van der Waals surface area (Å²) in [7, 11) is -1.12. The fraction of sp³-hybridized carbons (Fsp3) is 0.842. The molecule has 1 rings (SSSR count). The number of amides is 1. The lowest BCUT2D eigenvalue weighted by atomic mass is 9.73. The maximum atomic E-state index is 12.5. The topological polar surface area (TPSA) is 67.4 Å². The molecule has 0 aromatic heterocycles. The number of ether oxygens (including phenoxy) is 1. The zero-order chi connectivity index (χ0) is 19.5. The van der Waals surface area contributed by atoms with Crippen molar-refractivity contribution < 1.29 is 13.7 Å². The molecule has 2 atom stereocenters. The number of carbonyl (C=O) groups excluding carboxylic acids is 1. The second kappa shape index (κ2) is 8.21. The van der Waals surface area contributed by atoms with Gasteiger partial charge in [-0.05, 0) is 80.1 Å². The van der Waals surface area contributed by atoms with Crippen molar-refractivity contribution >= 4 is 17.1 Å². The van der Waals surface area contributed by atoms with Gasteiger partial charge in [0, 0.05) is 11.6 Å². The standard InChI is InChI=1S/C19H36N2O3S/c1-9-10-19(8,21-25(23)18(5,6)7)13-14-11-15(12-14)20-16(22)24-17(2,3)4/h9,14-15,21H,1,10-13H2,2-8H3,(H,20,22)/t14?,15?,19-,25+/m0/s1. The van der Waals surface area contributed by atoms with Crippen molar-refractivity contribution in [1.29, 1.82) is 0 Å². The van der Waals surface area contributed by atoms with E-state index >= 15 is 0 Å². The van der Waals surface area contributed by atoms with Gasteiger partial charge in [0.25, 0.3) is 0 Å². The fourth-order valence-electron chi connectivity index (χ4n) is 2.99. The number of nitrogens with one attached hydrogen (secondary N) is 2. The minimum atomic E-state index is -1.12. The molecule has 0 heterocycles. The normalized spacial score (nSPS) is 24.6. The minimum Gasteiger partial charge on any atom is -0.444 e. The van der Waals surface area contributed by atoms with Gasteiger partial charge in [0.15, 0.2) is 0 Å². The molecule has 0 bridgehead atoms. The van der Waals surface area contributed by atoms with Crippen LogP contribution in [0.4, 0.5) is 4.79 Å². The summed E-state index contributed by atoms with van der Waals surface area (Å²) in [6, 6.07) is 0.168. The van der Waals surface area contributed by atoms with Crippen LogP contribution < -0.4 is 10.0 Å². The van der Waals surface area contributed by atoms with Crippen LogP contribution in [0.1, 0.15) is 74.1 Å². The molecule has 2 N–H and O–H groups in total. The van der Waals surface area contributed by atoms with Crippen molar-refractivity contribution in [3.8, 4) is 0 Å². The van der Waals surface area contributed by atoms with Gasteiger partial charge in [0.05, 0.1) is 15.7 Å². The summed E-state index contributed by atoms with van der Waals surface area (Å²) < 4.78 is 20.8. The summed E-state index contributed by atoms with van der Waals surface area (Å²) in [5.41, 5.74) is -0.724. The summed E-state index contributed by atoms with van der Waals surface area (Å²) in [6.07, 6.45) is 5.05.